The van der Waals surface area contributed by atoms with Crippen LogP contribution in [0.25, 0.3) is 89.9 Å². The first-order valence-electron chi connectivity index (χ1n) is 20.9. The fourth-order valence-electron chi connectivity index (χ4n) is 8.47. The number of benzene rings is 8. The number of hydrogen-bond donors (Lipinski definition) is 0. The maximum atomic E-state index is 5.06. The summed E-state index contributed by atoms with van der Waals surface area (Å²) in [4.78, 5) is 30.1. The molecule has 6 heteroatoms. The van der Waals surface area contributed by atoms with Crippen LogP contribution in [0.2, 0.25) is 0 Å². The topological polar surface area (TPSA) is 77.3 Å². The summed E-state index contributed by atoms with van der Waals surface area (Å²) in [6, 6.07) is 67.3. The predicted molar refractivity (Wildman–Crippen MR) is 249 cm³/mol. The number of fused-ring (bicyclic) bond motifs is 2. The molecule has 10 aromatic rings. The van der Waals surface area contributed by atoms with Gasteiger partial charge in [0.15, 0.2) is 34.9 Å². The van der Waals surface area contributed by atoms with Gasteiger partial charge in [0.1, 0.15) is 0 Å². The molecule has 2 aromatic heterocycles. The Kier molecular flexibility index (Phi) is 9.95. The van der Waals surface area contributed by atoms with Gasteiger partial charge in [0, 0.05) is 38.8 Å². The molecule has 0 unspecified atom stereocenters. The number of nitrogens with zero attached hydrogens (tertiary/aromatic N) is 6. The molecule has 10 rings (SSSR count). The summed E-state index contributed by atoms with van der Waals surface area (Å²) in [5.41, 5.74) is 7.94. The number of aromatic nitrogens is 6. The van der Waals surface area contributed by atoms with E-state index in [4.69, 9.17) is 29.9 Å². The molecule has 0 bridgehead atoms. The van der Waals surface area contributed by atoms with Crippen LogP contribution in [-0.2, 0) is 5.41 Å². The minimum Gasteiger partial charge on any atom is -0.208 e. The van der Waals surface area contributed by atoms with Crippen LogP contribution < -0.4 is 0 Å². The lowest BCUT2D eigenvalue weighted by atomic mass is 9.70. The molecular formula is C55H42N6. The first-order chi connectivity index (χ1) is 30.1. The van der Waals surface area contributed by atoms with Crippen LogP contribution in [0.3, 0.4) is 0 Å². The number of rotatable bonds is 10. The lowest BCUT2D eigenvalue weighted by Crippen LogP contribution is -2.26. The fourth-order valence-corrected chi connectivity index (χ4v) is 8.47. The summed E-state index contributed by atoms with van der Waals surface area (Å²) >= 11 is 0. The fraction of sp³-hybridized carbons (Fsp3) is 0.0909. The summed E-state index contributed by atoms with van der Waals surface area (Å²) in [6.07, 6.45) is 1.85. The zero-order valence-corrected chi connectivity index (χ0v) is 34.1. The van der Waals surface area contributed by atoms with E-state index >= 15 is 0 Å². The largest absolute Gasteiger partial charge is 0.208 e. The van der Waals surface area contributed by atoms with Crippen LogP contribution in [0.4, 0.5) is 0 Å². The van der Waals surface area contributed by atoms with E-state index in [1.54, 1.807) is 0 Å². The van der Waals surface area contributed by atoms with Gasteiger partial charge < -0.3 is 0 Å². The molecule has 0 fully saturated rings. The van der Waals surface area contributed by atoms with Gasteiger partial charge in [-0.2, -0.15) is 0 Å². The Labute approximate surface area is 355 Å². The predicted octanol–water partition coefficient (Wildman–Crippen LogP) is 13.5. The molecule has 0 aliphatic heterocycles. The average Bonchev–Trinajstić information content (AvgIpc) is 3.35. The van der Waals surface area contributed by atoms with Gasteiger partial charge in [-0.15, -0.1) is 0 Å². The smallest absolute Gasteiger partial charge is 0.164 e. The quantitative estimate of drug-likeness (QED) is 0.137. The highest BCUT2D eigenvalue weighted by Crippen LogP contribution is 2.40. The highest BCUT2D eigenvalue weighted by atomic mass is 15.0. The van der Waals surface area contributed by atoms with Gasteiger partial charge in [0.2, 0.25) is 0 Å². The highest BCUT2D eigenvalue weighted by molar-refractivity contribution is 5.87. The minimum absolute atomic E-state index is 0.216. The molecule has 61 heavy (non-hydrogen) atoms. The van der Waals surface area contributed by atoms with Crippen molar-refractivity contribution in [3.8, 4) is 68.3 Å². The minimum atomic E-state index is -0.216. The Morgan fingerprint density at radius 2 is 0.557 bits per heavy atom. The second-order valence-electron chi connectivity index (χ2n) is 15.4. The van der Waals surface area contributed by atoms with E-state index in [9.17, 15) is 0 Å². The molecule has 292 valence electrons. The molecule has 6 nitrogen and oxygen atoms in total. The molecule has 0 saturated heterocycles. The van der Waals surface area contributed by atoms with E-state index in [1.807, 2.05) is 60.7 Å². The van der Waals surface area contributed by atoms with Crippen LogP contribution in [0.1, 0.15) is 37.8 Å². The van der Waals surface area contributed by atoms with Crippen molar-refractivity contribution in [1.29, 1.82) is 0 Å². The number of hydrogen-bond acceptors (Lipinski definition) is 6. The van der Waals surface area contributed by atoms with Crippen molar-refractivity contribution in [1.82, 2.24) is 29.9 Å². The first kappa shape index (κ1) is 37.6. The molecule has 0 aliphatic rings. The molecule has 0 N–H and O–H groups in total. The van der Waals surface area contributed by atoms with Crippen molar-refractivity contribution >= 4 is 21.5 Å². The SMILES string of the molecule is CCC(CC)(c1ccc(-c2nc(-c3ccccc3)nc(-c3ccc4ccccc4c3)n2)cc1)c1ccc(-c2nc(-c3ccccc3)nc(-c3ccc4ccccc4c3)n2)cc1. The Balaban J connectivity index is 0.997. The molecule has 8 aromatic carbocycles. The zero-order chi connectivity index (χ0) is 41.2. The lowest BCUT2D eigenvalue weighted by Gasteiger charge is -2.33. The van der Waals surface area contributed by atoms with Gasteiger partial charge in [-0.3, -0.25) is 0 Å². The lowest BCUT2D eigenvalue weighted by molar-refractivity contribution is 0.478. The summed E-state index contributed by atoms with van der Waals surface area (Å²) in [7, 11) is 0. The third-order valence-corrected chi connectivity index (χ3v) is 11.9. The van der Waals surface area contributed by atoms with Gasteiger partial charge in [-0.1, -0.05) is 196 Å². The van der Waals surface area contributed by atoms with Crippen LogP contribution in [-0.4, -0.2) is 29.9 Å². The molecule has 0 aliphatic carbocycles. The maximum absolute atomic E-state index is 5.06. The van der Waals surface area contributed by atoms with Crippen LogP contribution in [0.5, 0.6) is 0 Å². The molecule has 0 spiro atoms. The van der Waals surface area contributed by atoms with E-state index in [0.29, 0.717) is 34.9 Å². The Morgan fingerprint density at radius 1 is 0.279 bits per heavy atom. The average molecular weight is 787 g/mol. The van der Waals surface area contributed by atoms with Crippen molar-refractivity contribution in [2.45, 2.75) is 32.1 Å². The van der Waals surface area contributed by atoms with Gasteiger partial charge in [-0.25, -0.2) is 29.9 Å². The molecular weight excluding hydrogens is 745 g/mol. The van der Waals surface area contributed by atoms with Crippen molar-refractivity contribution in [3.63, 3.8) is 0 Å². The normalized spacial score (nSPS) is 11.6. The zero-order valence-electron chi connectivity index (χ0n) is 34.1. The third kappa shape index (κ3) is 7.34. The van der Waals surface area contributed by atoms with Crippen molar-refractivity contribution in [3.05, 3.63) is 205 Å². The van der Waals surface area contributed by atoms with Crippen molar-refractivity contribution in [2.24, 2.45) is 0 Å². The van der Waals surface area contributed by atoms with Gasteiger partial charge in [-0.05, 0) is 57.6 Å². The van der Waals surface area contributed by atoms with Crippen molar-refractivity contribution in [2.75, 3.05) is 0 Å². The van der Waals surface area contributed by atoms with E-state index in [-0.39, 0.29) is 5.41 Å². The first-order valence-corrected chi connectivity index (χ1v) is 20.9. The molecule has 0 saturated carbocycles. The maximum Gasteiger partial charge on any atom is 0.164 e. The van der Waals surface area contributed by atoms with E-state index < -0.39 is 0 Å². The second-order valence-corrected chi connectivity index (χ2v) is 15.4. The van der Waals surface area contributed by atoms with Crippen LogP contribution in [0.15, 0.2) is 194 Å². The summed E-state index contributed by atoms with van der Waals surface area (Å²) in [5, 5.41) is 4.65. The van der Waals surface area contributed by atoms with Gasteiger partial charge >= 0.3 is 0 Å². The molecule has 0 radical (unpaired) electrons. The van der Waals surface area contributed by atoms with E-state index in [1.165, 1.54) is 21.9 Å². The Hall–Kier alpha value is -7.70. The highest BCUT2D eigenvalue weighted by Gasteiger charge is 2.31. The second kappa shape index (κ2) is 16.2. The molecule has 2 heterocycles. The monoisotopic (exact) mass is 786 g/mol. The Morgan fingerprint density at radius 3 is 0.902 bits per heavy atom. The van der Waals surface area contributed by atoms with Crippen LogP contribution >= 0.6 is 0 Å². The molecule has 0 atom stereocenters. The van der Waals surface area contributed by atoms with Crippen molar-refractivity contribution < 1.29 is 0 Å². The van der Waals surface area contributed by atoms with Crippen LogP contribution in [0, 0.1) is 0 Å². The summed E-state index contributed by atoms with van der Waals surface area (Å²) in [6.45, 7) is 4.54. The Bertz CT molecular complexity index is 2930. The summed E-state index contributed by atoms with van der Waals surface area (Å²) in [5.74, 6) is 3.87. The summed E-state index contributed by atoms with van der Waals surface area (Å²) < 4.78 is 0. The van der Waals surface area contributed by atoms with E-state index in [0.717, 1.165) is 57.0 Å². The van der Waals surface area contributed by atoms with Gasteiger partial charge in [0.05, 0.1) is 0 Å². The molecule has 0 amide bonds. The van der Waals surface area contributed by atoms with E-state index in [2.05, 4.69) is 147 Å². The van der Waals surface area contributed by atoms with Gasteiger partial charge in [0.25, 0.3) is 0 Å². The third-order valence-electron chi connectivity index (χ3n) is 11.9. The standard InChI is InChI=1S/C55H42N6/c1-3-55(4-2,47-31-27-41(28-32-47)51-56-49(39-17-7-5-8-18-39)58-53(60-51)45-25-23-37-15-11-13-21-43(37)35-45)48-33-29-42(30-34-48)52-57-50(40-19-9-6-10-20-40)59-54(61-52)46-26-24-38-16-12-14-22-44(38)36-46/h5-36H,3-4H2,1-2H3.